The smallest absolute Gasteiger partial charge is 0.324 e. The second-order valence-corrected chi connectivity index (χ2v) is 11.2. The Hall–Kier alpha value is -2.40. The summed E-state index contributed by atoms with van der Waals surface area (Å²) >= 11 is 0. The van der Waals surface area contributed by atoms with Crippen LogP contribution >= 0.6 is 0 Å². The van der Waals surface area contributed by atoms with E-state index in [9.17, 15) is 22.0 Å². The van der Waals surface area contributed by atoms with Crippen LogP contribution in [0.1, 0.15) is 43.4 Å². The second kappa shape index (κ2) is 14.4. The second-order valence-electron chi connectivity index (χ2n) is 9.00. The largest absolute Gasteiger partial charge is 0.458 e. The van der Waals surface area contributed by atoms with Crippen LogP contribution in [-0.2, 0) is 38.8 Å². The van der Waals surface area contributed by atoms with Crippen molar-refractivity contribution in [1.82, 2.24) is 5.32 Å². The number of hydrogen-bond acceptors (Lipinski definition) is 7. The lowest BCUT2D eigenvalue weighted by molar-refractivity contribution is -0.151. The first-order chi connectivity index (χ1) is 17.0. The zero-order valence-corrected chi connectivity index (χ0v) is 21.7. The third kappa shape index (κ3) is 10.3. The van der Waals surface area contributed by atoms with Crippen LogP contribution < -0.4 is 16.8 Å². The fourth-order valence-electron chi connectivity index (χ4n) is 3.76. The molecule has 0 radical (unpaired) electrons. The third-order valence-electron chi connectivity index (χ3n) is 5.76. The van der Waals surface area contributed by atoms with Crippen molar-refractivity contribution in [3.8, 4) is 0 Å². The fraction of sp³-hybridized carbons (Fsp3) is 0.500. The Morgan fingerprint density at radius 3 is 2.33 bits per heavy atom. The molecule has 0 fully saturated rings. The minimum absolute atomic E-state index is 0.0314. The summed E-state index contributed by atoms with van der Waals surface area (Å²) in [6.07, 6.45) is 1.18. The Balaban J connectivity index is 2.10. The number of carbonyl (C=O) groups is 1. The van der Waals surface area contributed by atoms with E-state index in [-0.39, 0.29) is 18.7 Å². The van der Waals surface area contributed by atoms with Gasteiger partial charge in [-0.15, -0.1) is 0 Å². The Kier molecular flexibility index (Phi) is 11.9. The van der Waals surface area contributed by atoms with E-state index < -0.39 is 51.4 Å². The molecule has 3 atom stereocenters. The SMILES string of the molecule is CCCCS(=O)(=O)C[C@@H](N)C(=O)O[C@H](CNCc1cccc(CC)c1)[C@@H](N)Cc1cc(F)cc(F)c1. The van der Waals surface area contributed by atoms with Crippen molar-refractivity contribution in [3.63, 3.8) is 0 Å². The third-order valence-corrected chi connectivity index (χ3v) is 7.54. The molecule has 0 heterocycles. The Morgan fingerprint density at radius 1 is 1.03 bits per heavy atom. The number of benzene rings is 2. The molecular weight excluding hydrogens is 488 g/mol. The summed E-state index contributed by atoms with van der Waals surface area (Å²) < 4.78 is 57.2. The molecule has 0 aliphatic carbocycles. The summed E-state index contributed by atoms with van der Waals surface area (Å²) in [6, 6.07) is 8.89. The topological polar surface area (TPSA) is 125 Å². The van der Waals surface area contributed by atoms with E-state index >= 15 is 0 Å². The maximum atomic E-state index is 13.6. The molecule has 0 unspecified atom stereocenters. The zero-order chi connectivity index (χ0) is 26.7. The summed E-state index contributed by atoms with van der Waals surface area (Å²) in [5.74, 6) is -2.95. The molecule has 0 aliphatic rings. The van der Waals surface area contributed by atoms with Crippen LogP contribution in [0, 0.1) is 11.6 Å². The fourth-order valence-corrected chi connectivity index (χ4v) is 5.34. The first-order valence-electron chi connectivity index (χ1n) is 12.2. The number of nitrogens with one attached hydrogen (secondary N) is 1. The monoisotopic (exact) mass is 525 g/mol. The van der Waals surface area contributed by atoms with Gasteiger partial charge in [0.05, 0.1) is 11.5 Å². The Labute approximate surface area is 212 Å². The molecule has 5 N–H and O–H groups in total. The van der Waals surface area contributed by atoms with Crippen molar-refractivity contribution >= 4 is 15.8 Å². The minimum atomic E-state index is -3.52. The molecule has 0 saturated carbocycles. The quantitative estimate of drug-likeness (QED) is 0.305. The molecule has 2 aromatic rings. The number of sulfone groups is 1. The van der Waals surface area contributed by atoms with Gasteiger partial charge in [0.15, 0.2) is 9.84 Å². The maximum absolute atomic E-state index is 13.6. The summed E-state index contributed by atoms with van der Waals surface area (Å²) in [4.78, 5) is 12.7. The van der Waals surface area contributed by atoms with Crippen LogP contribution in [0.4, 0.5) is 8.78 Å². The average molecular weight is 526 g/mol. The molecule has 0 saturated heterocycles. The maximum Gasteiger partial charge on any atom is 0.324 e. The molecule has 2 rings (SSSR count). The predicted octanol–water partition coefficient (Wildman–Crippen LogP) is 2.64. The average Bonchev–Trinajstić information content (AvgIpc) is 2.81. The molecule has 200 valence electrons. The van der Waals surface area contributed by atoms with Crippen molar-refractivity contribution in [2.75, 3.05) is 18.1 Å². The number of ether oxygens (including phenoxy) is 1. The lowest BCUT2D eigenvalue weighted by Gasteiger charge is -2.26. The number of nitrogens with two attached hydrogens (primary N) is 2. The molecule has 0 bridgehead atoms. The van der Waals surface area contributed by atoms with E-state index in [2.05, 4.69) is 18.3 Å². The van der Waals surface area contributed by atoms with Crippen molar-refractivity contribution in [2.24, 2.45) is 11.5 Å². The van der Waals surface area contributed by atoms with Crippen LogP contribution in [0.3, 0.4) is 0 Å². The van der Waals surface area contributed by atoms with Gasteiger partial charge in [0, 0.05) is 25.2 Å². The van der Waals surface area contributed by atoms with Gasteiger partial charge < -0.3 is 21.5 Å². The van der Waals surface area contributed by atoms with Crippen molar-refractivity contribution in [3.05, 3.63) is 70.8 Å². The van der Waals surface area contributed by atoms with E-state index in [1.807, 2.05) is 25.1 Å². The Morgan fingerprint density at radius 2 is 1.69 bits per heavy atom. The van der Waals surface area contributed by atoms with Crippen LogP contribution in [0.5, 0.6) is 0 Å². The molecule has 0 aliphatic heterocycles. The molecule has 0 aromatic heterocycles. The van der Waals surface area contributed by atoms with E-state index in [1.54, 1.807) is 0 Å². The summed E-state index contributed by atoms with van der Waals surface area (Å²) in [5, 5.41) is 3.20. The number of unbranched alkanes of at least 4 members (excludes halogenated alkanes) is 1. The van der Waals surface area contributed by atoms with Gasteiger partial charge in [-0.2, -0.15) is 0 Å². The molecular formula is C26H37F2N3O4S. The van der Waals surface area contributed by atoms with Crippen LogP contribution in [-0.4, -0.2) is 50.6 Å². The van der Waals surface area contributed by atoms with Crippen molar-refractivity contribution < 1.29 is 26.7 Å². The molecule has 0 amide bonds. The lowest BCUT2D eigenvalue weighted by Crippen LogP contribution is -2.49. The number of carbonyl (C=O) groups excluding carboxylic acids is 1. The highest BCUT2D eigenvalue weighted by Crippen LogP contribution is 2.13. The molecule has 36 heavy (non-hydrogen) atoms. The molecule has 2 aromatic carbocycles. The summed E-state index contributed by atoms with van der Waals surface area (Å²) in [7, 11) is -3.52. The zero-order valence-electron chi connectivity index (χ0n) is 20.9. The highest BCUT2D eigenvalue weighted by Gasteiger charge is 2.28. The van der Waals surface area contributed by atoms with Gasteiger partial charge in [-0.25, -0.2) is 17.2 Å². The molecule has 7 nitrogen and oxygen atoms in total. The van der Waals surface area contributed by atoms with Gasteiger partial charge in [0.1, 0.15) is 23.8 Å². The van der Waals surface area contributed by atoms with Gasteiger partial charge in [0.25, 0.3) is 0 Å². The van der Waals surface area contributed by atoms with Gasteiger partial charge >= 0.3 is 5.97 Å². The van der Waals surface area contributed by atoms with E-state index in [0.29, 0.717) is 24.9 Å². The lowest BCUT2D eigenvalue weighted by atomic mass is 10.0. The van der Waals surface area contributed by atoms with E-state index in [4.69, 9.17) is 16.2 Å². The van der Waals surface area contributed by atoms with Crippen molar-refractivity contribution in [2.45, 2.75) is 64.3 Å². The van der Waals surface area contributed by atoms with Crippen molar-refractivity contribution in [1.29, 1.82) is 0 Å². The van der Waals surface area contributed by atoms with Crippen LogP contribution in [0.25, 0.3) is 0 Å². The first kappa shape index (κ1) is 29.8. The normalized spacial score (nSPS) is 14.3. The molecule has 10 heteroatoms. The van der Waals surface area contributed by atoms with Crippen LogP contribution in [0.2, 0.25) is 0 Å². The van der Waals surface area contributed by atoms with Gasteiger partial charge in [-0.1, -0.05) is 44.5 Å². The molecule has 0 spiro atoms. The summed E-state index contributed by atoms with van der Waals surface area (Å²) in [6.45, 7) is 4.53. The number of rotatable bonds is 15. The highest BCUT2D eigenvalue weighted by molar-refractivity contribution is 7.91. The number of halogens is 2. The van der Waals surface area contributed by atoms with Gasteiger partial charge in [-0.3, -0.25) is 4.79 Å². The standard InChI is InChI=1S/C26H37F2N3O4S/c1-3-5-9-36(33,34)17-24(30)26(32)35-25(16-31-15-19-8-6-7-18(4-2)10-19)23(29)13-20-11-21(27)14-22(28)12-20/h6-8,10-12,14,23-25,31H,3-5,9,13,15-17,29-30H2,1-2H3/t23-,24+,25+/m0/s1. The Bertz CT molecular complexity index is 1080. The van der Waals surface area contributed by atoms with E-state index in [1.165, 1.54) is 5.56 Å². The van der Waals surface area contributed by atoms with Gasteiger partial charge in [-0.05, 0) is 48.1 Å². The van der Waals surface area contributed by atoms with Gasteiger partial charge in [0.2, 0.25) is 0 Å². The van der Waals surface area contributed by atoms with E-state index in [0.717, 1.165) is 30.2 Å². The minimum Gasteiger partial charge on any atom is -0.458 e. The van der Waals surface area contributed by atoms with Crippen LogP contribution in [0.15, 0.2) is 42.5 Å². The number of esters is 1. The number of hydrogen-bond donors (Lipinski definition) is 3. The summed E-state index contributed by atoms with van der Waals surface area (Å²) in [5.41, 5.74) is 14.7. The first-order valence-corrected chi connectivity index (χ1v) is 14.0. The number of aryl methyl sites for hydroxylation is 1. The highest BCUT2D eigenvalue weighted by atomic mass is 32.2. The predicted molar refractivity (Wildman–Crippen MR) is 137 cm³/mol.